The first-order valence-corrected chi connectivity index (χ1v) is 13.4. The number of carbonyl (C=O) groups excluding carboxylic acids is 2. The lowest BCUT2D eigenvalue weighted by molar-refractivity contribution is -0.385. The number of ether oxygens (including phenoxy) is 1. The van der Waals surface area contributed by atoms with Crippen molar-refractivity contribution in [2.24, 2.45) is 5.92 Å². The zero-order valence-corrected chi connectivity index (χ0v) is 21.9. The Morgan fingerprint density at radius 3 is 2.49 bits per heavy atom. The highest BCUT2D eigenvalue weighted by atomic mass is 32.2. The van der Waals surface area contributed by atoms with Gasteiger partial charge in [0.15, 0.2) is 6.61 Å². The van der Waals surface area contributed by atoms with Crippen LogP contribution in [0.25, 0.3) is 11.0 Å². The Morgan fingerprint density at radius 2 is 1.79 bits per heavy atom. The third-order valence-electron chi connectivity index (χ3n) is 6.44. The van der Waals surface area contributed by atoms with E-state index in [2.05, 4.69) is 10.9 Å². The molecule has 1 aromatic heterocycles. The SMILES string of the molecule is Cc1ccc([N+](=O)[O-])cc1S(=O)(=O)N1CCC(C(=O)NNC(=O)COc2ccc3c(C)cc(=O)oc3c2)CC1. The van der Waals surface area contributed by atoms with Crippen molar-refractivity contribution in [3.8, 4) is 5.75 Å². The standard InChI is InChI=1S/C25H26N4O9S/c1-15-3-4-18(29(33)34)12-22(15)39(35,36)28-9-7-17(8-10-28)25(32)27-26-23(30)14-37-19-5-6-20-16(2)11-24(31)38-21(20)13-19/h3-6,11-13,17H,7-10,14H2,1-2H3,(H,26,30)(H,27,32). The summed E-state index contributed by atoms with van der Waals surface area (Å²) in [5.41, 5.74) is 5.22. The number of hydrogen-bond donors (Lipinski definition) is 2. The Hall–Kier alpha value is -4.30. The summed E-state index contributed by atoms with van der Waals surface area (Å²) in [4.78, 5) is 46.6. The molecule has 0 saturated carbocycles. The number of non-ortho nitro benzene ring substituents is 1. The second-order valence-corrected chi connectivity index (χ2v) is 11.0. The Morgan fingerprint density at radius 1 is 1.08 bits per heavy atom. The van der Waals surface area contributed by atoms with Crippen molar-refractivity contribution in [3.63, 3.8) is 0 Å². The summed E-state index contributed by atoms with van der Waals surface area (Å²) >= 11 is 0. The van der Waals surface area contributed by atoms with Crippen molar-refractivity contribution >= 4 is 38.5 Å². The summed E-state index contributed by atoms with van der Waals surface area (Å²) in [6, 6.07) is 9.86. The third-order valence-corrected chi connectivity index (χ3v) is 8.48. The maximum atomic E-state index is 13.1. The van der Waals surface area contributed by atoms with Gasteiger partial charge in [0.2, 0.25) is 15.9 Å². The van der Waals surface area contributed by atoms with Crippen LogP contribution < -0.4 is 21.2 Å². The highest BCUT2D eigenvalue weighted by Crippen LogP contribution is 2.28. The number of carbonyl (C=O) groups is 2. The van der Waals surface area contributed by atoms with E-state index >= 15 is 0 Å². The number of amides is 2. The van der Waals surface area contributed by atoms with E-state index in [0.29, 0.717) is 16.9 Å². The van der Waals surface area contributed by atoms with Crippen molar-refractivity contribution in [1.29, 1.82) is 0 Å². The van der Waals surface area contributed by atoms with Crippen molar-refractivity contribution in [1.82, 2.24) is 15.2 Å². The lowest BCUT2D eigenvalue weighted by Crippen LogP contribution is -2.49. The number of nitro benzene ring substituents is 1. The van der Waals surface area contributed by atoms with Crippen LogP contribution >= 0.6 is 0 Å². The molecule has 1 aliphatic heterocycles. The molecule has 2 N–H and O–H groups in total. The minimum absolute atomic E-state index is 0.0389. The van der Waals surface area contributed by atoms with Gasteiger partial charge in [-0.3, -0.25) is 30.6 Å². The molecular formula is C25H26N4O9S. The molecule has 2 heterocycles. The number of piperidine rings is 1. The number of hydrazine groups is 1. The van der Waals surface area contributed by atoms with Gasteiger partial charge in [-0.25, -0.2) is 13.2 Å². The molecule has 4 rings (SSSR count). The minimum Gasteiger partial charge on any atom is -0.484 e. The molecule has 0 bridgehead atoms. The van der Waals surface area contributed by atoms with E-state index in [4.69, 9.17) is 9.15 Å². The van der Waals surface area contributed by atoms with Gasteiger partial charge in [-0.1, -0.05) is 6.07 Å². The Labute approximate surface area is 222 Å². The van der Waals surface area contributed by atoms with Crippen LogP contribution in [0.15, 0.2) is 56.6 Å². The zero-order chi connectivity index (χ0) is 28.3. The quantitative estimate of drug-likeness (QED) is 0.249. The Balaban J connectivity index is 1.27. The molecule has 39 heavy (non-hydrogen) atoms. The van der Waals surface area contributed by atoms with Crippen LogP contribution in [0, 0.1) is 29.9 Å². The van der Waals surface area contributed by atoms with E-state index in [0.717, 1.165) is 17.0 Å². The maximum Gasteiger partial charge on any atom is 0.336 e. The first-order valence-electron chi connectivity index (χ1n) is 12.0. The summed E-state index contributed by atoms with van der Waals surface area (Å²) in [6.45, 7) is 2.99. The monoisotopic (exact) mass is 558 g/mol. The Kier molecular flexibility index (Phi) is 7.97. The number of nitrogens with zero attached hydrogens (tertiary/aromatic N) is 2. The summed E-state index contributed by atoms with van der Waals surface area (Å²) in [6.07, 6.45) is 0.403. The lowest BCUT2D eigenvalue weighted by Gasteiger charge is -2.30. The van der Waals surface area contributed by atoms with Crippen molar-refractivity contribution in [2.45, 2.75) is 31.6 Å². The second-order valence-electron chi connectivity index (χ2n) is 9.12. The van der Waals surface area contributed by atoms with E-state index in [1.165, 1.54) is 28.6 Å². The molecule has 1 saturated heterocycles. The third kappa shape index (κ3) is 6.23. The predicted molar refractivity (Wildman–Crippen MR) is 138 cm³/mol. The molecule has 206 valence electrons. The summed E-state index contributed by atoms with van der Waals surface area (Å²) in [7, 11) is -3.99. The smallest absolute Gasteiger partial charge is 0.336 e. The van der Waals surface area contributed by atoms with Crippen LogP contribution in [-0.2, 0) is 19.6 Å². The van der Waals surface area contributed by atoms with E-state index < -0.39 is 44.9 Å². The van der Waals surface area contributed by atoms with Crippen molar-refractivity contribution < 1.29 is 32.1 Å². The van der Waals surface area contributed by atoms with Gasteiger partial charge < -0.3 is 9.15 Å². The molecule has 1 aliphatic rings. The summed E-state index contributed by atoms with van der Waals surface area (Å²) in [5.74, 6) is -1.36. The molecule has 0 aliphatic carbocycles. The molecule has 0 unspecified atom stereocenters. The first-order chi connectivity index (χ1) is 18.5. The predicted octanol–water partition coefficient (Wildman–Crippen LogP) is 1.95. The number of nitro groups is 1. The fourth-order valence-electron chi connectivity index (χ4n) is 4.29. The fourth-order valence-corrected chi connectivity index (χ4v) is 6.01. The molecule has 2 amide bonds. The van der Waals surface area contributed by atoms with Gasteiger partial charge in [0.05, 0.1) is 9.82 Å². The van der Waals surface area contributed by atoms with Gasteiger partial charge in [0.25, 0.3) is 11.6 Å². The molecular weight excluding hydrogens is 532 g/mol. The van der Waals surface area contributed by atoms with Crippen LogP contribution in [-0.4, -0.2) is 49.2 Å². The second kappa shape index (κ2) is 11.2. The van der Waals surface area contributed by atoms with Crippen LogP contribution in [0.1, 0.15) is 24.0 Å². The Bertz CT molecular complexity index is 1610. The molecule has 0 atom stereocenters. The summed E-state index contributed by atoms with van der Waals surface area (Å²) < 4.78 is 37.9. The average molecular weight is 559 g/mol. The van der Waals surface area contributed by atoms with E-state index in [1.807, 2.05) is 0 Å². The average Bonchev–Trinajstić information content (AvgIpc) is 2.90. The molecule has 13 nitrogen and oxygen atoms in total. The van der Waals surface area contributed by atoms with Crippen LogP contribution in [0.5, 0.6) is 5.75 Å². The van der Waals surface area contributed by atoms with Crippen LogP contribution in [0.2, 0.25) is 0 Å². The topological polar surface area (TPSA) is 178 Å². The molecule has 3 aromatic rings. The largest absolute Gasteiger partial charge is 0.484 e. The van der Waals surface area contributed by atoms with E-state index in [-0.39, 0.29) is 36.5 Å². The minimum atomic E-state index is -3.99. The molecule has 2 aromatic carbocycles. The highest BCUT2D eigenvalue weighted by molar-refractivity contribution is 7.89. The van der Waals surface area contributed by atoms with Crippen LogP contribution in [0.3, 0.4) is 0 Å². The van der Waals surface area contributed by atoms with Gasteiger partial charge in [-0.05, 0) is 49.9 Å². The van der Waals surface area contributed by atoms with E-state index in [9.17, 15) is 32.9 Å². The van der Waals surface area contributed by atoms with Gasteiger partial charge in [-0.2, -0.15) is 4.31 Å². The molecule has 0 radical (unpaired) electrons. The number of rotatable bonds is 7. The normalized spacial score (nSPS) is 14.6. The summed E-state index contributed by atoms with van der Waals surface area (Å²) in [5, 5.41) is 11.8. The molecule has 0 spiro atoms. The first kappa shape index (κ1) is 27.7. The number of hydrogen-bond acceptors (Lipinski definition) is 9. The zero-order valence-electron chi connectivity index (χ0n) is 21.1. The van der Waals surface area contributed by atoms with Crippen LogP contribution in [0.4, 0.5) is 5.69 Å². The number of benzene rings is 2. The maximum absolute atomic E-state index is 13.1. The number of nitrogens with one attached hydrogen (secondary N) is 2. The highest BCUT2D eigenvalue weighted by Gasteiger charge is 2.33. The van der Waals surface area contributed by atoms with Crippen molar-refractivity contribution in [3.05, 3.63) is 74.1 Å². The van der Waals surface area contributed by atoms with Gasteiger partial charge in [0.1, 0.15) is 11.3 Å². The van der Waals surface area contributed by atoms with Gasteiger partial charge in [-0.15, -0.1) is 0 Å². The fraction of sp³-hybridized carbons (Fsp3) is 0.320. The van der Waals surface area contributed by atoms with E-state index in [1.54, 1.807) is 26.0 Å². The molecule has 1 fully saturated rings. The number of sulfonamides is 1. The van der Waals surface area contributed by atoms with Gasteiger partial charge in [0, 0.05) is 48.7 Å². The lowest BCUT2D eigenvalue weighted by atomic mass is 9.98. The van der Waals surface area contributed by atoms with Crippen molar-refractivity contribution in [2.75, 3.05) is 19.7 Å². The van der Waals surface area contributed by atoms with Gasteiger partial charge >= 0.3 is 5.63 Å². The molecule has 14 heteroatoms. The number of fused-ring (bicyclic) bond motifs is 1. The number of aryl methyl sites for hydroxylation is 2.